The molecule has 0 N–H and O–H groups in total. The van der Waals surface area contributed by atoms with Gasteiger partial charge in [0, 0.05) is 31.3 Å². The summed E-state index contributed by atoms with van der Waals surface area (Å²) in [5.41, 5.74) is 1.79. The quantitative estimate of drug-likeness (QED) is 0.773. The molecule has 1 aromatic heterocycles. The lowest BCUT2D eigenvalue weighted by Gasteiger charge is -2.13. The second-order valence-corrected chi connectivity index (χ2v) is 4.79. The second-order valence-electron chi connectivity index (χ2n) is 4.79. The molecule has 110 valence electrons. The second kappa shape index (κ2) is 6.21. The van der Waals surface area contributed by atoms with Crippen LogP contribution in [-0.4, -0.2) is 37.3 Å². The Morgan fingerprint density at radius 3 is 2.67 bits per heavy atom. The van der Waals surface area contributed by atoms with E-state index in [4.69, 9.17) is 4.74 Å². The van der Waals surface area contributed by atoms with E-state index in [2.05, 4.69) is 5.10 Å². The standard InChI is InChI=1S/C15H17N3O3/c1-17(2)13-7-15(20)18(16-8-13)9-12-6-11(10-19)4-5-14(12)21-3/h4-8,10H,9H2,1-3H3. The Hall–Kier alpha value is -2.63. The molecule has 0 aliphatic carbocycles. The van der Waals surface area contributed by atoms with Gasteiger partial charge >= 0.3 is 0 Å². The Balaban J connectivity index is 2.38. The number of nitrogens with zero attached hydrogens (tertiary/aromatic N) is 3. The Bertz CT molecular complexity index is 708. The molecule has 0 bridgehead atoms. The van der Waals surface area contributed by atoms with Gasteiger partial charge in [-0.3, -0.25) is 9.59 Å². The molecule has 0 radical (unpaired) electrons. The third-order valence-corrected chi connectivity index (χ3v) is 3.13. The first-order chi connectivity index (χ1) is 10.0. The highest BCUT2D eigenvalue weighted by Gasteiger charge is 2.08. The van der Waals surface area contributed by atoms with E-state index >= 15 is 0 Å². The zero-order valence-electron chi connectivity index (χ0n) is 12.2. The van der Waals surface area contributed by atoms with Gasteiger partial charge in [0.25, 0.3) is 5.56 Å². The summed E-state index contributed by atoms with van der Waals surface area (Å²) in [6, 6.07) is 6.59. The molecular weight excluding hydrogens is 270 g/mol. The van der Waals surface area contributed by atoms with Crippen LogP contribution in [-0.2, 0) is 6.54 Å². The van der Waals surface area contributed by atoms with Crippen molar-refractivity contribution in [3.63, 3.8) is 0 Å². The summed E-state index contributed by atoms with van der Waals surface area (Å²) in [5.74, 6) is 0.617. The lowest BCUT2D eigenvalue weighted by molar-refractivity contribution is 0.112. The fraction of sp³-hybridized carbons (Fsp3) is 0.267. The number of aromatic nitrogens is 2. The third-order valence-electron chi connectivity index (χ3n) is 3.13. The number of benzene rings is 1. The summed E-state index contributed by atoms with van der Waals surface area (Å²) in [7, 11) is 5.24. The minimum Gasteiger partial charge on any atom is -0.496 e. The van der Waals surface area contributed by atoms with Crippen LogP contribution in [0.2, 0.25) is 0 Å². The number of anilines is 1. The topological polar surface area (TPSA) is 64.4 Å². The van der Waals surface area contributed by atoms with Crippen LogP contribution in [0.1, 0.15) is 15.9 Å². The van der Waals surface area contributed by atoms with Crippen LogP contribution in [0, 0.1) is 0 Å². The van der Waals surface area contributed by atoms with Gasteiger partial charge in [-0.05, 0) is 18.2 Å². The van der Waals surface area contributed by atoms with Gasteiger partial charge in [0.2, 0.25) is 0 Å². The summed E-state index contributed by atoms with van der Waals surface area (Å²) in [6.07, 6.45) is 2.38. The lowest BCUT2D eigenvalue weighted by Crippen LogP contribution is -2.24. The molecule has 2 rings (SSSR count). The maximum Gasteiger partial charge on any atom is 0.269 e. The first kappa shape index (κ1) is 14.8. The fourth-order valence-electron chi connectivity index (χ4n) is 1.94. The number of ether oxygens (including phenoxy) is 1. The number of methoxy groups -OCH3 is 1. The van der Waals surface area contributed by atoms with E-state index in [1.807, 2.05) is 19.0 Å². The molecular formula is C15H17N3O3. The maximum absolute atomic E-state index is 12.1. The molecule has 0 atom stereocenters. The monoisotopic (exact) mass is 287 g/mol. The van der Waals surface area contributed by atoms with Crippen LogP contribution in [0.25, 0.3) is 0 Å². The van der Waals surface area contributed by atoms with Crippen LogP contribution >= 0.6 is 0 Å². The molecule has 0 spiro atoms. The van der Waals surface area contributed by atoms with Gasteiger partial charge in [-0.2, -0.15) is 5.10 Å². The number of hydrogen-bond acceptors (Lipinski definition) is 5. The Morgan fingerprint density at radius 2 is 2.10 bits per heavy atom. The molecule has 0 saturated heterocycles. The molecule has 6 heteroatoms. The van der Waals surface area contributed by atoms with Crippen molar-refractivity contribution < 1.29 is 9.53 Å². The van der Waals surface area contributed by atoms with Gasteiger partial charge in [-0.1, -0.05) is 0 Å². The molecule has 21 heavy (non-hydrogen) atoms. The number of hydrogen-bond donors (Lipinski definition) is 0. The number of carbonyl (C=O) groups excluding carboxylic acids is 1. The van der Waals surface area contributed by atoms with Crippen LogP contribution in [0.4, 0.5) is 5.69 Å². The summed E-state index contributed by atoms with van der Waals surface area (Å²) in [4.78, 5) is 24.7. The van der Waals surface area contributed by atoms with E-state index < -0.39 is 0 Å². The van der Waals surface area contributed by atoms with Crippen molar-refractivity contribution in [3.05, 3.63) is 51.9 Å². The predicted octanol–water partition coefficient (Wildman–Crippen LogP) is 1.18. The Labute approximate surface area is 122 Å². The summed E-state index contributed by atoms with van der Waals surface area (Å²) in [6.45, 7) is 0.247. The summed E-state index contributed by atoms with van der Waals surface area (Å²) < 4.78 is 6.58. The van der Waals surface area contributed by atoms with Crippen molar-refractivity contribution in [3.8, 4) is 5.75 Å². The minimum atomic E-state index is -0.209. The molecule has 0 saturated carbocycles. The summed E-state index contributed by atoms with van der Waals surface area (Å²) in [5, 5.41) is 4.14. The van der Waals surface area contributed by atoms with Crippen LogP contribution in [0.15, 0.2) is 35.3 Å². The molecule has 0 unspecified atom stereocenters. The van der Waals surface area contributed by atoms with Crippen molar-refractivity contribution in [1.82, 2.24) is 9.78 Å². The molecule has 1 heterocycles. The van der Waals surface area contributed by atoms with Gasteiger partial charge in [0.15, 0.2) is 0 Å². The van der Waals surface area contributed by atoms with E-state index in [0.717, 1.165) is 17.5 Å². The van der Waals surface area contributed by atoms with Crippen molar-refractivity contribution in [2.75, 3.05) is 26.1 Å². The molecule has 1 aromatic carbocycles. The van der Waals surface area contributed by atoms with Gasteiger partial charge in [0.1, 0.15) is 12.0 Å². The normalized spacial score (nSPS) is 10.2. The van der Waals surface area contributed by atoms with E-state index in [1.165, 1.54) is 10.7 Å². The highest BCUT2D eigenvalue weighted by atomic mass is 16.5. The van der Waals surface area contributed by atoms with Crippen molar-refractivity contribution in [1.29, 1.82) is 0 Å². The molecule has 6 nitrogen and oxygen atoms in total. The average molecular weight is 287 g/mol. The number of rotatable bonds is 5. The fourth-order valence-corrected chi connectivity index (χ4v) is 1.94. The zero-order chi connectivity index (χ0) is 15.4. The van der Waals surface area contributed by atoms with Gasteiger partial charge < -0.3 is 9.64 Å². The van der Waals surface area contributed by atoms with Crippen LogP contribution in [0.3, 0.4) is 0 Å². The average Bonchev–Trinajstić information content (AvgIpc) is 2.49. The zero-order valence-corrected chi connectivity index (χ0v) is 12.2. The predicted molar refractivity (Wildman–Crippen MR) is 80.3 cm³/mol. The van der Waals surface area contributed by atoms with E-state index in [-0.39, 0.29) is 12.1 Å². The van der Waals surface area contributed by atoms with Gasteiger partial charge in [-0.15, -0.1) is 0 Å². The molecule has 0 aliphatic heterocycles. The van der Waals surface area contributed by atoms with E-state index in [0.29, 0.717) is 11.3 Å². The highest BCUT2D eigenvalue weighted by molar-refractivity contribution is 5.75. The number of aldehydes is 1. The molecule has 0 fully saturated rings. The minimum absolute atomic E-state index is 0.209. The van der Waals surface area contributed by atoms with Crippen LogP contribution < -0.4 is 15.2 Å². The molecule has 2 aromatic rings. The van der Waals surface area contributed by atoms with E-state index in [1.54, 1.807) is 31.5 Å². The van der Waals surface area contributed by atoms with Crippen LogP contribution in [0.5, 0.6) is 5.75 Å². The van der Waals surface area contributed by atoms with Crippen molar-refractivity contribution >= 4 is 12.0 Å². The largest absolute Gasteiger partial charge is 0.496 e. The highest BCUT2D eigenvalue weighted by Crippen LogP contribution is 2.19. The Kier molecular flexibility index (Phi) is 4.37. The Morgan fingerprint density at radius 1 is 1.33 bits per heavy atom. The SMILES string of the molecule is COc1ccc(C=O)cc1Cn1ncc(N(C)C)cc1=O. The first-order valence-corrected chi connectivity index (χ1v) is 6.41. The molecule has 0 amide bonds. The smallest absolute Gasteiger partial charge is 0.269 e. The van der Waals surface area contributed by atoms with E-state index in [9.17, 15) is 9.59 Å². The number of carbonyl (C=O) groups is 1. The first-order valence-electron chi connectivity index (χ1n) is 6.41. The van der Waals surface area contributed by atoms with Crippen molar-refractivity contribution in [2.24, 2.45) is 0 Å². The lowest BCUT2D eigenvalue weighted by atomic mass is 10.1. The van der Waals surface area contributed by atoms with Crippen molar-refractivity contribution in [2.45, 2.75) is 6.54 Å². The van der Waals surface area contributed by atoms with Gasteiger partial charge in [-0.25, -0.2) is 4.68 Å². The third kappa shape index (κ3) is 3.28. The molecule has 0 aliphatic rings. The van der Waals surface area contributed by atoms with Gasteiger partial charge in [0.05, 0.1) is 25.5 Å². The maximum atomic E-state index is 12.1. The summed E-state index contributed by atoms with van der Waals surface area (Å²) >= 11 is 0.